The Balaban J connectivity index is 1.62. The molecule has 0 radical (unpaired) electrons. The van der Waals surface area contributed by atoms with Gasteiger partial charge in [-0.25, -0.2) is 4.39 Å². The van der Waals surface area contributed by atoms with Crippen LogP contribution in [-0.4, -0.2) is 66.8 Å². The Hall–Kier alpha value is -1.80. The molecular weight excluding hydrogens is 355 g/mol. The van der Waals surface area contributed by atoms with Gasteiger partial charge in [-0.1, -0.05) is 12.1 Å². The molecule has 1 N–H and O–H groups in total. The van der Waals surface area contributed by atoms with E-state index in [1.165, 1.54) is 17.4 Å². The van der Waals surface area contributed by atoms with Gasteiger partial charge in [0.25, 0.3) is 0 Å². The van der Waals surface area contributed by atoms with E-state index in [-0.39, 0.29) is 18.5 Å². The average molecular weight is 378 g/mol. The number of hydrogen-bond acceptors (Lipinski definition) is 5. The molecule has 1 unspecified atom stereocenters. The second kappa shape index (κ2) is 8.73. The largest absolute Gasteiger partial charge is 0.480 e. The van der Waals surface area contributed by atoms with Crippen molar-refractivity contribution in [2.45, 2.75) is 12.6 Å². The number of morpholine rings is 1. The summed E-state index contributed by atoms with van der Waals surface area (Å²) in [5, 5.41) is 10.8. The fourth-order valence-electron chi connectivity index (χ4n) is 3.23. The van der Waals surface area contributed by atoms with Crippen molar-refractivity contribution in [3.8, 4) is 10.4 Å². The van der Waals surface area contributed by atoms with Gasteiger partial charge in [0.2, 0.25) is 0 Å². The molecule has 1 aromatic heterocycles. The molecule has 2 heterocycles. The van der Waals surface area contributed by atoms with E-state index < -0.39 is 5.97 Å². The molecule has 5 nitrogen and oxygen atoms in total. The maximum Gasteiger partial charge on any atom is 0.317 e. The first kappa shape index (κ1) is 19.0. The van der Waals surface area contributed by atoms with E-state index >= 15 is 0 Å². The zero-order valence-corrected chi connectivity index (χ0v) is 15.5. The lowest BCUT2D eigenvalue weighted by Gasteiger charge is -2.34. The number of carboxylic acids is 1. The van der Waals surface area contributed by atoms with Gasteiger partial charge in [0.15, 0.2) is 0 Å². The number of rotatable bonds is 7. The maximum atomic E-state index is 14.1. The molecule has 3 rings (SSSR count). The Bertz CT molecular complexity index is 738. The molecule has 1 aliphatic heterocycles. The van der Waals surface area contributed by atoms with E-state index in [1.807, 2.05) is 29.6 Å². The highest BCUT2D eigenvalue weighted by Crippen LogP contribution is 2.28. The van der Waals surface area contributed by atoms with Gasteiger partial charge in [-0.15, -0.1) is 11.3 Å². The van der Waals surface area contributed by atoms with Gasteiger partial charge in [-0.2, -0.15) is 0 Å². The van der Waals surface area contributed by atoms with Crippen LogP contribution in [-0.2, 0) is 16.1 Å². The van der Waals surface area contributed by atoms with Crippen molar-refractivity contribution in [2.24, 2.45) is 0 Å². The Kier molecular flexibility index (Phi) is 6.37. The molecule has 0 bridgehead atoms. The van der Waals surface area contributed by atoms with E-state index in [9.17, 15) is 9.18 Å². The van der Waals surface area contributed by atoms with Gasteiger partial charge in [0, 0.05) is 36.6 Å². The Morgan fingerprint density at radius 2 is 2.31 bits per heavy atom. The van der Waals surface area contributed by atoms with E-state index in [0.717, 1.165) is 30.1 Å². The van der Waals surface area contributed by atoms with Gasteiger partial charge < -0.3 is 9.84 Å². The summed E-state index contributed by atoms with van der Waals surface area (Å²) in [5.41, 5.74) is 1.71. The summed E-state index contributed by atoms with van der Waals surface area (Å²) in [6.07, 6.45) is -0.0229. The highest BCUT2D eigenvalue weighted by atomic mass is 32.1. The molecule has 140 valence electrons. The van der Waals surface area contributed by atoms with Gasteiger partial charge in [-0.3, -0.25) is 14.6 Å². The molecule has 1 atom stereocenters. The number of likely N-dealkylation sites (N-methyl/N-ethyl adjacent to an activating group) is 1. The second-order valence-electron chi connectivity index (χ2n) is 6.61. The smallest absolute Gasteiger partial charge is 0.317 e. The summed E-state index contributed by atoms with van der Waals surface area (Å²) < 4.78 is 19.9. The number of hydrogen-bond donors (Lipinski definition) is 1. The van der Waals surface area contributed by atoms with E-state index in [0.29, 0.717) is 18.7 Å². The lowest BCUT2D eigenvalue weighted by atomic mass is 10.1. The molecule has 1 saturated heterocycles. The Morgan fingerprint density at radius 3 is 3.04 bits per heavy atom. The first-order valence-electron chi connectivity index (χ1n) is 8.58. The third kappa shape index (κ3) is 5.11. The quantitative estimate of drug-likeness (QED) is 0.803. The van der Waals surface area contributed by atoms with Crippen molar-refractivity contribution in [1.29, 1.82) is 0 Å². The predicted molar refractivity (Wildman–Crippen MR) is 99.9 cm³/mol. The molecule has 0 saturated carbocycles. The van der Waals surface area contributed by atoms with Crippen LogP contribution in [0, 0.1) is 5.82 Å². The molecule has 0 aliphatic carbocycles. The number of aliphatic carboxylic acids is 1. The molecule has 1 aromatic carbocycles. The van der Waals surface area contributed by atoms with Gasteiger partial charge in [0.05, 0.1) is 19.3 Å². The first-order valence-corrected chi connectivity index (χ1v) is 9.46. The normalized spacial score (nSPS) is 18.3. The molecule has 0 spiro atoms. The number of thiophene rings is 1. The topological polar surface area (TPSA) is 53.0 Å². The third-order valence-electron chi connectivity index (χ3n) is 4.37. The number of halogens is 1. The van der Waals surface area contributed by atoms with Crippen LogP contribution in [0.5, 0.6) is 0 Å². The van der Waals surface area contributed by atoms with Crippen molar-refractivity contribution in [1.82, 2.24) is 9.80 Å². The number of nitrogens with zero attached hydrogens (tertiary/aromatic N) is 2. The van der Waals surface area contributed by atoms with Gasteiger partial charge in [-0.05, 0) is 36.2 Å². The average Bonchev–Trinajstić information content (AvgIpc) is 3.10. The molecule has 2 aromatic rings. The third-order valence-corrected chi connectivity index (χ3v) is 5.27. The summed E-state index contributed by atoms with van der Waals surface area (Å²) in [5.74, 6) is -1.04. The van der Waals surface area contributed by atoms with Crippen molar-refractivity contribution in [3.63, 3.8) is 0 Å². The zero-order chi connectivity index (χ0) is 18.5. The summed E-state index contributed by atoms with van der Waals surface area (Å²) in [7, 11) is 1.78. The van der Waals surface area contributed by atoms with Crippen LogP contribution in [0.1, 0.15) is 5.56 Å². The number of benzene rings is 1. The van der Waals surface area contributed by atoms with Crippen LogP contribution >= 0.6 is 11.3 Å². The van der Waals surface area contributed by atoms with Crippen molar-refractivity contribution < 1.29 is 19.0 Å². The van der Waals surface area contributed by atoms with Crippen molar-refractivity contribution in [2.75, 3.05) is 39.8 Å². The highest BCUT2D eigenvalue weighted by molar-refractivity contribution is 7.13. The summed E-state index contributed by atoms with van der Waals surface area (Å²) in [4.78, 5) is 15.7. The number of carbonyl (C=O) groups is 1. The van der Waals surface area contributed by atoms with Gasteiger partial charge >= 0.3 is 5.97 Å². The Morgan fingerprint density at radius 1 is 1.46 bits per heavy atom. The molecular formula is C19H23FN2O3S. The summed E-state index contributed by atoms with van der Waals surface area (Å²) in [6, 6.07) is 9.13. The summed E-state index contributed by atoms with van der Waals surface area (Å²) in [6.45, 7) is 3.46. The minimum Gasteiger partial charge on any atom is -0.480 e. The molecule has 1 aliphatic rings. The lowest BCUT2D eigenvalue weighted by molar-refractivity contribution is -0.138. The highest BCUT2D eigenvalue weighted by Gasteiger charge is 2.22. The predicted octanol–water partition coefficient (Wildman–Crippen LogP) is 2.77. The van der Waals surface area contributed by atoms with Crippen LogP contribution in [0.3, 0.4) is 0 Å². The number of carboxylic acid groups (broad SMARTS) is 1. The van der Waals surface area contributed by atoms with Crippen molar-refractivity contribution >= 4 is 17.3 Å². The number of ether oxygens (including phenoxy) is 1. The standard InChI is InChI=1S/C19H23FN2O3S/c1-21(13-19(23)24)11-15-12-22(6-7-25-15)10-14-4-5-17(20)16(9-14)18-3-2-8-26-18/h2-5,8-9,15H,6-7,10-13H2,1H3,(H,23,24). The minimum atomic E-state index is -0.840. The van der Waals surface area contributed by atoms with Crippen LogP contribution < -0.4 is 0 Å². The molecule has 7 heteroatoms. The van der Waals surface area contributed by atoms with E-state index in [1.54, 1.807) is 11.9 Å². The Labute approximate surface area is 156 Å². The lowest BCUT2D eigenvalue weighted by Crippen LogP contribution is -2.47. The molecule has 1 fully saturated rings. The fraction of sp³-hybridized carbons (Fsp3) is 0.421. The first-order chi connectivity index (χ1) is 12.5. The summed E-state index contributed by atoms with van der Waals surface area (Å²) >= 11 is 1.53. The molecule has 26 heavy (non-hydrogen) atoms. The zero-order valence-electron chi connectivity index (χ0n) is 14.7. The van der Waals surface area contributed by atoms with E-state index in [4.69, 9.17) is 9.84 Å². The van der Waals surface area contributed by atoms with Crippen LogP contribution in [0.2, 0.25) is 0 Å². The van der Waals surface area contributed by atoms with Crippen LogP contribution in [0.15, 0.2) is 35.7 Å². The van der Waals surface area contributed by atoms with Crippen molar-refractivity contribution in [3.05, 3.63) is 47.1 Å². The fourth-order valence-corrected chi connectivity index (χ4v) is 3.97. The van der Waals surface area contributed by atoms with Gasteiger partial charge in [0.1, 0.15) is 5.82 Å². The maximum absolute atomic E-state index is 14.1. The minimum absolute atomic E-state index is 0.00198. The SMILES string of the molecule is CN(CC(=O)O)CC1CN(Cc2ccc(F)c(-c3cccs3)c2)CCO1. The second-order valence-corrected chi connectivity index (χ2v) is 7.56. The van der Waals surface area contributed by atoms with E-state index in [2.05, 4.69) is 4.90 Å². The molecule has 0 amide bonds. The van der Waals surface area contributed by atoms with Crippen LogP contribution in [0.25, 0.3) is 10.4 Å². The van der Waals surface area contributed by atoms with Crippen LogP contribution in [0.4, 0.5) is 4.39 Å². The monoisotopic (exact) mass is 378 g/mol.